The van der Waals surface area contributed by atoms with E-state index in [1.807, 2.05) is 0 Å². The van der Waals surface area contributed by atoms with Crippen LogP contribution in [0.25, 0.3) is 6.08 Å². The molecule has 3 rings (SSSR count). The van der Waals surface area contributed by atoms with Gasteiger partial charge in [-0.1, -0.05) is 17.7 Å². The van der Waals surface area contributed by atoms with Gasteiger partial charge in [0.2, 0.25) is 9.84 Å². The van der Waals surface area contributed by atoms with Crippen molar-refractivity contribution in [1.82, 2.24) is 4.90 Å². The summed E-state index contributed by atoms with van der Waals surface area (Å²) in [4.78, 5) is 3.01. The lowest BCUT2D eigenvalue weighted by atomic mass is 10.2. The minimum Gasteiger partial charge on any atom is -0.298 e. The van der Waals surface area contributed by atoms with Gasteiger partial charge in [0.15, 0.2) is 0 Å². The molecule has 2 aliphatic heterocycles. The molecule has 0 saturated carbocycles. The first kappa shape index (κ1) is 12.2. The lowest BCUT2D eigenvalue weighted by Crippen LogP contribution is -2.23. The molecule has 2 aliphatic rings. The van der Waals surface area contributed by atoms with E-state index in [1.165, 1.54) is 0 Å². The maximum atomic E-state index is 12.4. The molecule has 1 fully saturated rings. The van der Waals surface area contributed by atoms with Crippen molar-refractivity contribution in [2.45, 2.75) is 17.7 Å². The van der Waals surface area contributed by atoms with Crippen molar-refractivity contribution in [2.75, 3.05) is 19.6 Å². The number of likely N-dealkylation sites (tertiary alicyclic amines) is 1. The highest BCUT2D eigenvalue weighted by Crippen LogP contribution is 2.37. The van der Waals surface area contributed by atoms with Crippen LogP contribution in [0.1, 0.15) is 18.4 Å². The summed E-state index contributed by atoms with van der Waals surface area (Å²) < 4.78 is 24.7. The topological polar surface area (TPSA) is 37.4 Å². The fourth-order valence-electron chi connectivity index (χ4n) is 2.56. The van der Waals surface area contributed by atoms with Gasteiger partial charge in [0.05, 0.1) is 9.80 Å². The molecule has 1 aromatic rings. The van der Waals surface area contributed by atoms with Crippen LogP contribution >= 0.6 is 11.6 Å². The van der Waals surface area contributed by atoms with Gasteiger partial charge in [-0.05, 0) is 44.1 Å². The molecule has 0 N–H and O–H groups in total. The molecule has 0 bridgehead atoms. The van der Waals surface area contributed by atoms with E-state index in [1.54, 1.807) is 24.3 Å². The number of sulfone groups is 1. The van der Waals surface area contributed by atoms with Gasteiger partial charge in [0.25, 0.3) is 0 Å². The first-order valence-electron chi connectivity index (χ1n) is 6.05. The minimum atomic E-state index is -3.32. The lowest BCUT2D eigenvalue weighted by molar-refractivity contribution is 0.374. The van der Waals surface area contributed by atoms with E-state index < -0.39 is 9.84 Å². The van der Waals surface area contributed by atoms with E-state index >= 15 is 0 Å². The third-order valence-corrected chi connectivity index (χ3v) is 5.73. The zero-order valence-corrected chi connectivity index (χ0v) is 11.5. The third-order valence-electron chi connectivity index (χ3n) is 3.53. The summed E-state index contributed by atoms with van der Waals surface area (Å²) in [6.07, 6.45) is 4.04. The minimum absolute atomic E-state index is 0.351. The largest absolute Gasteiger partial charge is 0.298 e. The fourth-order valence-corrected chi connectivity index (χ4v) is 4.47. The molecular weight excluding hydrogens is 270 g/mol. The van der Waals surface area contributed by atoms with Crippen LogP contribution in [0.4, 0.5) is 0 Å². The second kappa shape index (κ2) is 4.37. The standard InChI is InChI=1S/C13H14ClNO2S/c14-12-4-3-5-13-11(12)8-10(18(13,16)17)9-15-6-1-2-7-15/h3-5,8H,1-2,6-7,9H2. The summed E-state index contributed by atoms with van der Waals surface area (Å²) in [7, 11) is -3.32. The predicted octanol–water partition coefficient (Wildman–Crippen LogP) is 2.56. The summed E-state index contributed by atoms with van der Waals surface area (Å²) in [6, 6.07) is 5.04. The molecule has 0 amide bonds. The number of hydrogen-bond acceptors (Lipinski definition) is 3. The highest BCUT2D eigenvalue weighted by Gasteiger charge is 2.32. The average molecular weight is 284 g/mol. The molecule has 96 valence electrons. The highest BCUT2D eigenvalue weighted by atomic mass is 35.5. The van der Waals surface area contributed by atoms with E-state index in [4.69, 9.17) is 11.6 Å². The van der Waals surface area contributed by atoms with Crippen molar-refractivity contribution in [3.8, 4) is 0 Å². The Morgan fingerprint density at radius 3 is 2.61 bits per heavy atom. The van der Waals surface area contributed by atoms with Gasteiger partial charge in [-0.2, -0.15) is 0 Å². The van der Waals surface area contributed by atoms with Gasteiger partial charge < -0.3 is 0 Å². The number of nitrogens with zero attached hydrogens (tertiary/aromatic N) is 1. The van der Waals surface area contributed by atoms with Crippen LogP contribution in [0.15, 0.2) is 28.0 Å². The zero-order chi connectivity index (χ0) is 12.8. The molecular formula is C13H14ClNO2S. The Morgan fingerprint density at radius 2 is 1.94 bits per heavy atom. The van der Waals surface area contributed by atoms with E-state index in [0.717, 1.165) is 25.9 Å². The normalized spacial score (nSPS) is 21.9. The summed E-state index contributed by atoms with van der Waals surface area (Å²) in [5.41, 5.74) is 0.647. The maximum absolute atomic E-state index is 12.4. The molecule has 0 spiro atoms. The van der Waals surface area contributed by atoms with Crippen molar-refractivity contribution in [3.05, 3.63) is 33.7 Å². The molecule has 18 heavy (non-hydrogen) atoms. The maximum Gasteiger partial charge on any atom is 0.204 e. The Hall–Kier alpha value is -0.840. The van der Waals surface area contributed by atoms with Gasteiger partial charge in [-0.25, -0.2) is 8.42 Å². The second-order valence-electron chi connectivity index (χ2n) is 4.75. The van der Waals surface area contributed by atoms with Gasteiger partial charge in [-0.15, -0.1) is 0 Å². The van der Waals surface area contributed by atoms with Crippen LogP contribution in [-0.4, -0.2) is 33.0 Å². The van der Waals surface area contributed by atoms with Gasteiger partial charge in [-0.3, -0.25) is 4.90 Å². The second-order valence-corrected chi connectivity index (χ2v) is 7.13. The van der Waals surface area contributed by atoms with E-state index in [0.29, 0.717) is 26.9 Å². The van der Waals surface area contributed by atoms with Crippen LogP contribution in [-0.2, 0) is 9.84 Å². The van der Waals surface area contributed by atoms with Crippen molar-refractivity contribution in [2.24, 2.45) is 0 Å². The number of rotatable bonds is 2. The first-order valence-corrected chi connectivity index (χ1v) is 7.92. The number of halogens is 1. The van der Waals surface area contributed by atoms with E-state index in [9.17, 15) is 8.42 Å². The molecule has 0 unspecified atom stereocenters. The Morgan fingerprint density at radius 1 is 1.22 bits per heavy atom. The molecule has 3 nitrogen and oxygen atoms in total. The molecule has 0 atom stereocenters. The van der Waals surface area contributed by atoms with Crippen molar-refractivity contribution in [1.29, 1.82) is 0 Å². The van der Waals surface area contributed by atoms with Crippen LogP contribution in [0.2, 0.25) is 5.02 Å². The van der Waals surface area contributed by atoms with Crippen molar-refractivity contribution in [3.63, 3.8) is 0 Å². The monoisotopic (exact) mass is 283 g/mol. The fraction of sp³-hybridized carbons (Fsp3) is 0.385. The Bertz CT molecular complexity index is 616. The van der Waals surface area contributed by atoms with Crippen LogP contribution < -0.4 is 0 Å². The molecule has 1 aromatic carbocycles. The predicted molar refractivity (Wildman–Crippen MR) is 72.3 cm³/mol. The van der Waals surface area contributed by atoms with Crippen LogP contribution in [0.5, 0.6) is 0 Å². The molecule has 0 radical (unpaired) electrons. The van der Waals surface area contributed by atoms with E-state index in [-0.39, 0.29) is 0 Å². The first-order chi connectivity index (χ1) is 8.59. The number of hydrogen-bond donors (Lipinski definition) is 0. The third kappa shape index (κ3) is 1.88. The van der Waals surface area contributed by atoms with Gasteiger partial charge in [0, 0.05) is 17.1 Å². The number of benzene rings is 1. The molecule has 1 saturated heterocycles. The summed E-state index contributed by atoms with van der Waals surface area (Å²) >= 11 is 6.06. The quantitative estimate of drug-likeness (QED) is 0.837. The Labute approximate surface area is 112 Å². The summed E-state index contributed by atoms with van der Waals surface area (Å²) in [6.45, 7) is 2.47. The number of fused-ring (bicyclic) bond motifs is 1. The lowest BCUT2D eigenvalue weighted by Gasteiger charge is -2.14. The summed E-state index contributed by atoms with van der Waals surface area (Å²) in [5, 5.41) is 0.507. The molecule has 5 heteroatoms. The Kier molecular flexibility index (Phi) is 2.96. The van der Waals surface area contributed by atoms with E-state index in [2.05, 4.69) is 4.90 Å². The zero-order valence-electron chi connectivity index (χ0n) is 9.89. The van der Waals surface area contributed by atoms with Crippen LogP contribution in [0.3, 0.4) is 0 Å². The molecule has 2 heterocycles. The van der Waals surface area contributed by atoms with Crippen molar-refractivity contribution < 1.29 is 8.42 Å². The smallest absolute Gasteiger partial charge is 0.204 e. The van der Waals surface area contributed by atoms with Crippen molar-refractivity contribution >= 4 is 27.5 Å². The molecule has 0 aliphatic carbocycles. The highest BCUT2D eigenvalue weighted by molar-refractivity contribution is 7.95. The van der Waals surface area contributed by atoms with Crippen LogP contribution in [0, 0.1) is 0 Å². The average Bonchev–Trinajstić information content (AvgIpc) is 2.90. The van der Waals surface area contributed by atoms with Gasteiger partial charge >= 0.3 is 0 Å². The SMILES string of the molecule is O=S1(=O)C(CN2CCCC2)=Cc2c(Cl)cccc21. The van der Waals surface area contributed by atoms with Gasteiger partial charge in [0.1, 0.15) is 0 Å². The summed E-state index contributed by atoms with van der Waals surface area (Å²) in [5.74, 6) is 0. The Balaban J connectivity index is 1.98. The molecule has 0 aromatic heterocycles.